The summed E-state index contributed by atoms with van der Waals surface area (Å²) in [6, 6.07) is 15.6. The number of aryl methyl sites for hydroxylation is 1. The fourth-order valence-corrected chi connectivity index (χ4v) is 3.28. The first-order chi connectivity index (χ1) is 12.0. The van der Waals surface area contributed by atoms with Gasteiger partial charge in [0.05, 0.1) is 0 Å². The van der Waals surface area contributed by atoms with Crippen LogP contribution in [0.25, 0.3) is 0 Å². The molecule has 0 unspecified atom stereocenters. The number of hydrogen-bond acceptors (Lipinski definition) is 5. The molecule has 0 atom stereocenters. The van der Waals surface area contributed by atoms with Crippen molar-refractivity contribution >= 4 is 21.7 Å². The third-order valence-corrected chi connectivity index (χ3v) is 5.15. The highest BCUT2D eigenvalue weighted by Crippen LogP contribution is 2.21. The topological polar surface area (TPSA) is 69.4 Å². The Balaban J connectivity index is 1.71. The molecule has 0 amide bonds. The molecule has 0 saturated heterocycles. The lowest BCUT2D eigenvalue weighted by molar-refractivity contribution is 0.363. The molecule has 3 rings (SSSR count). The van der Waals surface area contributed by atoms with Gasteiger partial charge in [0.1, 0.15) is 10.7 Å². The average molecular weight is 378 g/mol. The van der Waals surface area contributed by atoms with Crippen molar-refractivity contribution in [3.63, 3.8) is 0 Å². The summed E-state index contributed by atoms with van der Waals surface area (Å²) in [5.74, 6) is 0.873. The highest BCUT2D eigenvalue weighted by Gasteiger charge is 2.19. The van der Waals surface area contributed by atoms with E-state index < -0.39 is 10.1 Å². The van der Waals surface area contributed by atoms with Crippen molar-refractivity contribution in [3.05, 3.63) is 77.0 Å². The molecule has 3 aromatic rings. The summed E-state index contributed by atoms with van der Waals surface area (Å²) < 4.78 is 34.7. The maximum Gasteiger partial charge on any atom is 0.340 e. The first-order valence-electron chi connectivity index (χ1n) is 7.57. The summed E-state index contributed by atoms with van der Waals surface area (Å²) in [5, 5.41) is 3.68. The van der Waals surface area contributed by atoms with E-state index in [-0.39, 0.29) is 10.8 Å². The lowest BCUT2D eigenvalue weighted by Crippen LogP contribution is -2.09. The minimum absolute atomic E-state index is 0.0688. The van der Waals surface area contributed by atoms with Crippen molar-refractivity contribution in [2.75, 3.05) is 0 Å². The van der Waals surface area contributed by atoms with Gasteiger partial charge < -0.3 is 8.71 Å². The molecule has 25 heavy (non-hydrogen) atoms. The van der Waals surface area contributed by atoms with Gasteiger partial charge in [-0.2, -0.15) is 8.42 Å². The Labute approximate surface area is 151 Å². The molecule has 2 aromatic carbocycles. The normalized spacial score (nSPS) is 11.4. The quantitative estimate of drug-likeness (QED) is 0.478. The Morgan fingerprint density at radius 1 is 1.04 bits per heavy atom. The van der Waals surface area contributed by atoms with Gasteiger partial charge in [0.2, 0.25) is 0 Å². The summed E-state index contributed by atoms with van der Waals surface area (Å²) in [7, 11) is -3.94. The molecular weight excluding hydrogens is 362 g/mol. The first-order valence-corrected chi connectivity index (χ1v) is 9.51. The molecule has 7 heteroatoms. The molecule has 0 aliphatic carbocycles. The Bertz CT molecular complexity index is 948. The van der Waals surface area contributed by atoms with Crippen LogP contribution in [0.3, 0.4) is 0 Å². The second-order valence-corrected chi connectivity index (χ2v) is 7.42. The number of hydrogen-bond donors (Lipinski definition) is 0. The third kappa shape index (κ3) is 4.41. The number of rotatable bonds is 6. The van der Waals surface area contributed by atoms with Gasteiger partial charge in [-0.1, -0.05) is 42.0 Å². The standard InChI is InChI=1S/C18H16ClNO4S/c1-13-2-8-17(9-3-13)25(21,22)24-18-11-16(23-20-18)10-14-4-6-15(12-19)7-5-14/h2-9,11H,10,12H2,1H3. The fraction of sp³-hybridized carbons (Fsp3) is 0.167. The number of nitrogens with zero attached hydrogens (tertiary/aromatic N) is 1. The van der Waals surface area contributed by atoms with Gasteiger partial charge >= 0.3 is 10.1 Å². The van der Waals surface area contributed by atoms with E-state index in [9.17, 15) is 8.42 Å². The Morgan fingerprint density at radius 2 is 1.68 bits per heavy atom. The zero-order valence-corrected chi connectivity index (χ0v) is 15.0. The average Bonchev–Trinajstić information content (AvgIpc) is 3.02. The smallest absolute Gasteiger partial charge is 0.340 e. The van der Waals surface area contributed by atoms with E-state index in [4.69, 9.17) is 20.3 Å². The maximum absolute atomic E-state index is 12.2. The maximum atomic E-state index is 12.2. The van der Waals surface area contributed by atoms with E-state index in [1.54, 1.807) is 12.1 Å². The zero-order chi connectivity index (χ0) is 17.9. The van der Waals surface area contributed by atoms with Crippen molar-refractivity contribution in [1.82, 2.24) is 5.16 Å². The van der Waals surface area contributed by atoms with Gasteiger partial charge in [-0.3, -0.25) is 0 Å². The van der Waals surface area contributed by atoms with E-state index in [0.717, 1.165) is 16.7 Å². The SMILES string of the molecule is Cc1ccc(S(=O)(=O)Oc2cc(Cc3ccc(CCl)cc3)on2)cc1. The predicted molar refractivity (Wildman–Crippen MR) is 94.3 cm³/mol. The minimum atomic E-state index is -3.94. The highest BCUT2D eigenvalue weighted by molar-refractivity contribution is 7.87. The van der Waals surface area contributed by atoms with Crippen molar-refractivity contribution in [1.29, 1.82) is 0 Å². The van der Waals surface area contributed by atoms with Crippen LogP contribution in [0.15, 0.2) is 64.0 Å². The second kappa shape index (κ2) is 7.29. The van der Waals surface area contributed by atoms with Gasteiger partial charge in [0.25, 0.3) is 5.88 Å². The van der Waals surface area contributed by atoms with Gasteiger partial charge in [-0.05, 0) is 35.3 Å². The molecule has 0 saturated carbocycles. The molecule has 0 radical (unpaired) electrons. The molecule has 0 spiro atoms. The molecule has 130 valence electrons. The summed E-state index contributed by atoms with van der Waals surface area (Å²) in [4.78, 5) is 0.0688. The Hall–Kier alpha value is -2.31. The largest absolute Gasteiger partial charge is 0.357 e. The molecule has 0 N–H and O–H groups in total. The highest BCUT2D eigenvalue weighted by atomic mass is 35.5. The Morgan fingerprint density at radius 3 is 2.32 bits per heavy atom. The minimum Gasteiger partial charge on any atom is -0.357 e. The third-order valence-electron chi connectivity index (χ3n) is 3.60. The number of alkyl halides is 1. The van der Waals surface area contributed by atoms with E-state index in [2.05, 4.69) is 5.16 Å². The van der Waals surface area contributed by atoms with E-state index >= 15 is 0 Å². The first kappa shape index (κ1) is 17.5. The number of halogens is 1. The summed E-state index contributed by atoms with van der Waals surface area (Å²) in [5.41, 5.74) is 2.98. The molecule has 0 aliphatic heterocycles. The lowest BCUT2D eigenvalue weighted by atomic mass is 10.1. The molecule has 0 bridgehead atoms. The summed E-state index contributed by atoms with van der Waals surface area (Å²) in [6.45, 7) is 1.88. The van der Waals surface area contributed by atoms with Crippen LogP contribution in [0.1, 0.15) is 22.5 Å². The van der Waals surface area contributed by atoms with Crippen LogP contribution in [-0.2, 0) is 22.4 Å². The van der Waals surface area contributed by atoms with Crippen molar-refractivity contribution in [2.45, 2.75) is 24.1 Å². The van der Waals surface area contributed by atoms with Crippen LogP contribution in [0.2, 0.25) is 0 Å². The molecule has 1 aromatic heterocycles. The molecule has 5 nitrogen and oxygen atoms in total. The van der Waals surface area contributed by atoms with Crippen LogP contribution >= 0.6 is 11.6 Å². The van der Waals surface area contributed by atoms with Crippen molar-refractivity contribution in [2.24, 2.45) is 0 Å². The van der Waals surface area contributed by atoms with E-state index in [0.29, 0.717) is 18.1 Å². The monoisotopic (exact) mass is 377 g/mol. The van der Waals surface area contributed by atoms with Crippen LogP contribution in [0, 0.1) is 6.92 Å². The number of aromatic nitrogens is 1. The zero-order valence-electron chi connectivity index (χ0n) is 13.5. The van der Waals surface area contributed by atoms with E-state index in [1.807, 2.05) is 31.2 Å². The van der Waals surface area contributed by atoms with Crippen LogP contribution in [0.5, 0.6) is 5.88 Å². The van der Waals surface area contributed by atoms with Crippen LogP contribution in [-0.4, -0.2) is 13.6 Å². The van der Waals surface area contributed by atoms with Crippen molar-refractivity contribution < 1.29 is 17.1 Å². The molecule has 0 fully saturated rings. The molecule has 0 aliphatic rings. The molecule has 1 heterocycles. The predicted octanol–water partition coefficient (Wildman–Crippen LogP) is 4.08. The van der Waals surface area contributed by atoms with E-state index in [1.165, 1.54) is 18.2 Å². The lowest BCUT2D eigenvalue weighted by Gasteiger charge is -2.03. The van der Waals surface area contributed by atoms with Gasteiger partial charge in [-0.25, -0.2) is 0 Å². The second-order valence-electron chi connectivity index (χ2n) is 5.61. The van der Waals surface area contributed by atoms with Crippen LogP contribution in [0.4, 0.5) is 0 Å². The van der Waals surface area contributed by atoms with Crippen LogP contribution < -0.4 is 4.18 Å². The van der Waals surface area contributed by atoms with Crippen molar-refractivity contribution in [3.8, 4) is 5.88 Å². The van der Waals surface area contributed by atoms with Gasteiger partial charge in [0, 0.05) is 18.4 Å². The fourth-order valence-electron chi connectivity index (χ4n) is 2.23. The summed E-state index contributed by atoms with van der Waals surface area (Å²) in [6.07, 6.45) is 0.476. The Kier molecular flexibility index (Phi) is 5.11. The summed E-state index contributed by atoms with van der Waals surface area (Å²) >= 11 is 5.76. The van der Waals surface area contributed by atoms with Gasteiger partial charge in [-0.15, -0.1) is 11.6 Å². The molecular formula is C18H16ClNO4S. The number of benzene rings is 2. The van der Waals surface area contributed by atoms with Gasteiger partial charge in [0.15, 0.2) is 0 Å².